The van der Waals surface area contributed by atoms with Gasteiger partial charge in [0, 0.05) is 0 Å². The van der Waals surface area contributed by atoms with Crippen LogP contribution < -0.4 is 10.6 Å². The number of para-hydroxylation sites is 2. The highest BCUT2D eigenvalue weighted by Crippen LogP contribution is 2.34. The highest BCUT2D eigenvalue weighted by molar-refractivity contribution is 6.03. The van der Waals surface area contributed by atoms with Crippen LogP contribution in [0, 0.1) is 11.3 Å². The van der Waals surface area contributed by atoms with Crippen LogP contribution in [0.2, 0.25) is 0 Å². The first-order valence-electron chi connectivity index (χ1n) is 7.96. The lowest BCUT2D eigenvalue weighted by Crippen LogP contribution is -2.18. The van der Waals surface area contributed by atoms with Crippen LogP contribution in [0.15, 0.2) is 60.7 Å². The Morgan fingerprint density at radius 3 is 2.25 bits per heavy atom. The van der Waals surface area contributed by atoms with Gasteiger partial charge in [0.2, 0.25) is 0 Å². The normalized spacial score (nSPS) is 10.8. The second-order valence-electron chi connectivity index (χ2n) is 5.58. The van der Waals surface area contributed by atoms with Crippen LogP contribution in [0.25, 0.3) is 0 Å². The van der Waals surface area contributed by atoms with Crippen molar-refractivity contribution in [3.63, 3.8) is 0 Å². The second kappa shape index (κ2) is 7.75. The predicted molar refractivity (Wildman–Crippen MR) is 95.9 cm³/mol. The number of nitriles is 1. The number of anilines is 3. The number of rotatable bonds is 4. The van der Waals surface area contributed by atoms with Crippen LogP contribution >= 0.6 is 0 Å². The van der Waals surface area contributed by atoms with Crippen molar-refractivity contribution in [2.24, 2.45) is 0 Å². The number of hydrogen-bond donors (Lipinski definition) is 2. The molecule has 9 heteroatoms. The number of nitrogens with one attached hydrogen (secondary N) is 2. The monoisotopic (exact) mass is 383 g/mol. The van der Waals surface area contributed by atoms with E-state index in [0.29, 0.717) is 11.3 Å². The van der Waals surface area contributed by atoms with Crippen LogP contribution in [-0.2, 0) is 6.18 Å². The molecule has 0 aliphatic heterocycles. The molecule has 0 bridgehead atoms. The molecule has 0 saturated carbocycles. The molecule has 28 heavy (non-hydrogen) atoms. The number of carbonyl (C=O) groups excluding carboxylic acids is 1. The number of benzene rings is 2. The lowest BCUT2D eigenvalue weighted by atomic mass is 10.1. The van der Waals surface area contributed by atoms with Gasteiger partial charge in [-0.1, -0.05) is 24.3 Å². The van der Waals surface area contributed by atoms with Gasteiger partial charge in [-0.25, -0.2) is 0 Å². The van der Waals surface area contributed by atoms with Crippen molar-refractivity contribution in [1.29, 1.82) is 5.26 Å². The quantitative estimate of drug-likeness (QED) is 0.698. The zero-order valence-electron chi connectivity index (χ0n) is 14.2. The topological polar surface area (TPSA) is 90.7 Å². The van der Waals surface area contributed by atoms with Crippen molar-refractivity contribution in [3.05, 3.63) is 77.5 Å². The minimum atomic E-state index is -4.60. The standard InChI is InChI=1S/C19H12F3N5O/c20-19(21,22)13-6-2-4-8-15(13)25-18(28)16-9-10-17(27-26-16)24-14-7-3-1-5-12(14)11-23/h1-10H,(H,24,27)(H,25,28). The third-order valence-electron chi connectivity index (χ3n) is 3.69. The Morgan fingerprint density at radius 1 is 0.929 bits per heavy atom. The van der Waals surface area contributed by atoms with E-state index in [0.717, 1.165) is 12.1 Å². The van der Waals surface area contributed by atoms with E-state index in [2.05, 4.69) is 20.8 Å². The van der Waals surface area contributed by atoms with E-state index in [1.165, 1.54) is 24.3 Å². The molecule has 6 nitrogen and oxygen atoms in total. The molecule has 0 atom stereocenters. The molecule has 0 spiro atoms. The van der Waals surface area contributed by atoms with Gasteiger partial charge in [0.05, 0.1) is 22.5 Å². The summed E-state index contributed by atoms with van der Waals surface area (Å²) in [6.07, 6.45) is -4.60. The average Bonchev–Trinajstić information content (AvgIpc) is 2.68. The fraction of sp³-hybridized carbons (Fsp3) is 0.0526. The summed E-state index contributed by atoms with van der Waals surface area (Å²) in [5.41, 5.74) is -0.573. The summed E-state index contributed by atoms with van der Waals surface area (Å²) in [4.78, 5) is 12.2. The number of aromatic nitrogens is 2. The molecule has 0 aliphatic rings. The largest absolute Gasteiger partial charge is 0.418 e. The van der Waals surface area contributed by atoms with Crippen molar-refractivity contribution in [2.75, 3.05) is 10.6 Å². The zero-order chi connectivity index (χ0) is 20.1. The van der Waals surface area contributed by atoms with Crippen LogP contribution in [0.1, 0.15) is 21.6 Å². The van der Waals surface area contributed by atoms with Crippen molar-refractivity contribution >= 4 is 23.1 Å². The fourth-order valence-electron chi connectivity index (χ4n) is 2.37. The summed E-state index contributed by atoms with van der Waals surface area (Å²) >= 11 is 0. The molecule has 0 aliphatic carbocycles. The van der Waals surface area contributed by atoms with E-state index < -0.39 is 17.6 Å². The zero-order valence-corrected chi connectivity index (χ0v) is 14.2. The van der Waals surface area contributed by atoms with Gasteiger partial charge in [-0.05, 0) is 36.4 Å². The van der Waals surface area contributed by atoms with E-state index in [1.807, 2.05) is 6.07 Å². The van der Waals surface area contributed by atoms with E-state index in [4.69, 9.17) is 5.26 Å². The fourth-order valence-corrected chi connectivity index (χ4v) is 2.37. The van der Waals surface area contributed by atoms with E-state index >= 15 is 0 Å². The summed E-state index contributed by atoms with van der Waals surface area (Å²) in [5, 5.41) is 21.7. The molecule has 1 heterocycles. The molecule has 0 saturated heterocycles. The summed E-state index contributed by atoms with van der Waals surface area (Å²) < 4.78 is 39.0. The van der Waals surface area contributed by atoms with Gasteiger partial charge in [-0.15, -0.1) is 10.2 Å². The number of nitrogens with zero attached hydrogens (tertiary/aromatic N) is 3. The average molecular weight is 383 g/mol. The lowest BCUT2D eigenvalue weighted by Gasteiger charge is -2.13. The highest BCUT2D eigenvalue weighted by atomic mass is 19.4. The molecule has 3 rings (SSSR count). The molecular weight excluding hydrogens is 371 g/mol. The summed E-state index contributed by atoms with van der Waals surface area (Å²) in [7, 11) is 0. The first kappa shape index (κ1) is 18.8. The maximum Gasteiger partial charge on any atom is 0.418 e. The smallest absolute Gasteiger partial charge is 0.338 e. The molecule has 2 N–H and O–H groups in total. The maximum atomic E-state index is 13.0. The number of carbonyl (C=O) groups is 1. The molecule has 0 unspecified atom stereocenters. The SMILES string of the molecule is N#Cc1ccccc1Nc1ccc(C(=O)Nc2ccccc2C(F)(F)F)nn1. The Labute approximate surface area is 157 Å². The molecule has 1 aromatic heterocycles. The van der Waals surface area contributed by atoms with Crippen LogP contribution in [0.5, 0.6) is 0 Å². The molecule has 2 aromatic carbocycles. The minimum absolute atomic E-state index is 0.156. The van der Waals surface area contributed by atoms with E-state index in [1.54, 1.807) is 24.3 Å². The number of hydrogen-bond acceptors (Lipinski definition) is 5. The summed E-state index contributed by atoms with van der Waals surface area (Å²) in [5.74, 6) is -0.553. The predicted octanol–water partition coefficient (Wildman–Crippen LogP) is 4.36. The maximum absolute atomic E-state index is 13.0. The molecule has 0 fully saturated rings. The van der Waals surface area contributed by atoms with Crippen LogP contribution in [0.4, 0.5) is 30.4 Å². The minimum Gasteiger partial charge on any atom is -0.338 e. The second-order valence-corrected chi connectivity index (χ2v) is 5.58. The van der Waals surface area contributed by atoms with Gasteiger partial charge in [0.1, 0.15) is 6.07 Å². The molecular formula is C19H12F3N5O. The van der Waals surface area contributed by atoms with Gasteiger partial charge in [0.25, 0.3) is 5.91 Å². The summed E-state index contributed by atoms with van der Waals surface area (Å²) in [6.45, 7) is 0. The Hall–Kier alpha value is -3.93. The van der Waals surface area contributed by atoms with E-state index in [-0.39, 0.29) is 17.2 Å². The lowest BCUT2D eigenvalue weighted by molar-refractivity contribution is -0.136. The molecule has 140 valence electrons. The Bertz CT molecular complexity index is 1040. The summed E-state index contributed by atoms with van der Waals surface area (Å²) in [6, 6.07) is 16.2. The van der Waals surface area contributed by atoms with Gasteiger partial charge in [-0.2, -0.15) is 18.4 Å². The molecule has 0 radical (unpaired) electrons. The first-order valence-corrected chi connectivity index (χ1v) is 7.96. The van der Waals surface area contributed by atoms with Crippen LogP contribution in [-0.4, -0.2) is 16.1 Å². The van der Waals surface area contributed by atoms with Crippen LogP contribution in [0.3, 0.4) is 0 Å². The number of amides is 1. The number of halogens is 3. The molecule has 1 amide bonds. The van der Waals surface area contributed by atoms with Crippen molar-refractivity contribution in [1.82, 2.24) is 10.2 Å². The Balaban J connectivity index is 1.76. The van der Waals surface area contributed by atoms with Crippen molar-refractivity contribution in [3.8, 4) is 6.07 Å². The van der Waals surface area contributed by atoms with E-state index in [9.17, 15) is 18.0 Å². The third kappa shape index (κ3) is 4.24. The van der Waals surface area contributed by atoms with Gasteiger partial charge in [0.15, 0.2) is 11.5 Å². The van der Waals surface area contributed by atoms with Crippen molar-refractivity contribution in [2.45, 2.75) is 6.18 Å². The molecule has 3 aromatic rings. The van der Waals surface area contributed by atoms with Gasteiger partial charge >= 0.3 is 6.18 Å². The highest BCUT2D eigenvalue weighted by Gasteiger charge is 2.33. The Kier molecular flexibility index (Phi) is 5.22. The van der Waals surface area contributed by atoms with Crippen molar-refractivity contribution < 1.29 is 18.0 Å². The first-order chi connectivity index (χ1) is 13.4. The number of alkyl halides is 3. The third-order valence-corrected chi connectivity index (χ3v) is 3.69. The Morgan fingerprint density at radius 2 is 1.61 bits per heavy atom. The van der Waals surface area contributed by atoms with Gasteiger partial charge < -0.3 is 10.6 Å². The van der Waals surface area contributed by atoms with Gasteiger partial charge in [-0.3, -0.25) is 4.79 Å².